The van der Waals surface area contributed by atoms with Gasteiger partial charge in [-0.3, -0.25) is 10.2 Å². The Bertz CT molecular complexity index is 451. The monoisotopic (exact) mass is 316 g/mol. The number of hydrazine groups is 1. The number of amides is 2. The first-order valence-electron chi connectivity index (χ1n) is 5.15. The smallest absolute Gasteiger partial charge is 0.425 e. The van der Waals surface area contributed by atoms with E-state index < -0.39 is 12.0 Å². The Labute approximate surface area is 113 Å². The van der Waals surface area contributed by atoms with Crippen LogP contribution in [0.4, 0.5) is 4.79 Å². The largest absolute Gasteiger partial charge is 0.493 e. The van der Waals surface area contributed by atoms with Crippen molar-refractivity contribution in [1.29, 1.82) is 0 Å². The van der Waals surface area contributed by atoms with Gasteiger partial charge in [0.15, 0.2) is 0 Å². The lowest BCUT2D eigenvalue weighted by atomic mass is 10.2. The Balaban J connectivity index is 2.82. The fraction of sp³-hybridized carbons (Fsp3) is 0.273. The summed E-state index contributed by atoms with van der Waals surface area (Å²) in [5.41, 5.74) is 4.61. The SMILES string of the molecule is CCOc1ccc(Br)cc1C(=O)NNC(=O)OC. The lowest BCUT2D eigenvalue weighted by molar-refractivity contribution is 0.0916. The topological polar surface area (TPSA) is 76.7 Å². The molecule has 0 aliphatic rings. The number of ether oxygens (including phenoxy) is 2. The molecular formula is C11H13BrN2O4. The summed E-state index contributed by atoms with van der Waals surface area (Å²) in [6, 6.07) is 5.02. The number of carbonyl (C=O) groups is 2. The molecule has 0 fully saturated rings. The number of hydrogen-bond donors (Lipinski definition) is 2. The molecule has 0 saturated carbocycles. The third-order valence-electron chi connectivity index (χ3n) is 1.95. The van der Waals surface area contributed by atoms with E-state index in [4.69, 9.17) is 4.74 Å². The van der Waals surface area contributed by atoms with Gasteiger partial charge >= 0.3 is 6.09 Å². The summed E-state index contributed by atoms with van der Waals surface area (Å²) < 4.78 is 10.4. The van der Waals surface area contributed by atoms with E-state index in [1.54, 1.807) is 18.2 Å². The number of nitrogens with one attached hydrogen (secondary N) is 2. The predicted molar refractivity (Wildman–Crippen MR) is 68.3 cm³/mol. The van der Waals surface area contributed by atoms with Crippen molar-refractivity contribution in [3.63, 3.8) is 0 Å². The predicted octanol–water partition coefficient (Wildman–Crippen LogP) is 1.85. The van der Waals surface area contributed by atoms with Crippen LogP contribution in [0.15, 0.2) is 22.7 Å². The molecule has 18 heavy (non-hydrogen) atoms. The Morgan fingerprint density at radius 2 is 2.06 bits per heavy atom. The zero-order valence-corrected chi connectivity index (χ0v) is 11.5. The van der Waals surface area contributed by atoms with E-state index in [2.05, 4.69) is 31.5 Å². The van der Waals surface area contributed by atoms with Crippen LogP contribution < -0.4 is 15.6 Å². The second kappa shape index (κ2) is 6.85. The number of benzene rings is 1. The highest BCUT2D eigenvalue weighted by Gasteiger charge is 2.13. The zero-order valence-electron chi connectivity index (χ0n) is 9.95. The first kappa shape index (κ1) is 14.3. The number of hydrogen-bond acceptors (Lipinski definition) is 4. The molecule has 0 unspecified atom stereocenters. The minimum Gasteiger partial charge on any atom is -0.493 e. The molecule has 0 radical (unpaired) electrons. The van der Waals surface area contributed by atoms with Gasteiger partial charge in [-0.25, -0.2) is 10.2 Å². The van der Waals surface area contributed by atoms with Gasteiger partial charge in [-0.2, -0.15) is 0 Å². The third-order valence-corrected chi connectivity index (χ3v) is 2.44. The van der Waals surface area contributed by atoms with Crippen LogP contribution in [-0.2, 0) is 4.74 Å². The Morgan fingerprint density at radius 1 is 1.33 bits per heavy atom. The van der Waals surface area contributed by atoms with Crippen molar-refractivity contribution in [2.45, 2.75) is 6.92 Å². The fourth-order valence-electron chi connectivity index (χ4n) is 1.19. The van der Waals surface area contributed by atoms with Gasteiger partial charge in [0.2, 0.25) is 0 Å². The quantitative estimate of drug-likeness (QED) is 0.834. The minimum atomic E-state index is -0.753. The van der Waals surface area contributed by atoms with Crippen molar-refractivity contribution in [1.82, 2.24) is 10.9 Å². The second-order valence-corrected chi connectivity index (χ2v) is 4.06. The van der Waals surface area contributed by atoms with Crippen LogP contribution in [0.3, 0.4) is 0 Å². The van der Waals surface area contributed by atoms with Crippen molar-refractivity contribution in [3.8, 4) is 5.75 Å². The number of carbonyl (C=O) groups excluding carboxylic acids is 2. The summed E-state index contributed by atoms with van der Waals surface area (Å²) >= 11 is 3.26. The molecule has 6 nitrogen and oxygen atoms in total. The molecule has 0 saturated heterocycles. The van der Waals surface area contributed by atoms with Crippen molar-refractivity contribution in [2.75, 3.05) is 13.7 Å². The highest BCUT2D eigenvalue weighted by Crippen LogP contribution is 2.23. The second-order valence-electron chi connectivity index (χ2n) is 3.14. The van der Waals surface area contributed by atoms with Crippen molar-refractivity contribution < 1.29 is 19.1 Å². The van der Waals surface area contributed by atoms with Gasteiger partial charge in [0.25, 0.3) is 5.91 Å². The van der Waals surface area contributed by atoms with E-state index in [1.165, 1.54) is 7.11 Å². The summed E-state index contributed by atoms with van der Waals surface area (Å²) in [7, 11) is 1.20. The maximum Gasteiger partial charge on any atom is 0.425 e. The molecule has 1 rings (SSSR count). The van der Waals surface area contributed by atoms with E-state index in [0.29, 0.717) is 17.9 Å². The molecule has 1 aromatic carbocycles. The van der Waals surface area contributed by atoms with E-state index >= 15 is 0 Å². The lowest BCUT2D eigenvalue weighted by Gasteiger charge is -2.11. The molecular weight excluding hydrogens is 304 g/mol. The summed E-state index contributed by atoms with van der Waals surface area (Å²) in [6.45, 7) is 2.25. The van der Waals surface area contributed by atoms with Crippen LogP contribution in [0.2, 0.25) is 0 Å². The highest BCUT2D eigenvalue weighted by molar-refractivity contribution is 9.10. The maximum atomic E-state index is 11.8. The summed E-state index contributed by atoms with van der Waals surface area (Å²) in [5.74, 6) is -0.0602. The van der Waals surface area contributed by atoms with Crippen LogP contribution in [0.1, 0.15) is 17.3 Å². The van der Waals surface area contributed by atoms with E-state index in [9.17, 15) is 9.59 Å². The molecule has 98 valence electrons. The lowest BCUT2D eigenvalue weighted by Crippen LogP contribution is -2.41. The van der Waals surface area contributed by atoms with Gasteiger partial charge in [-0.15, -0.1) is 0 Å². The normalized spacial score (nSPS) is 9.50. The van der Waals surface area contributed by atoms with Crippen molar-refractivity contribution >= 4 is 27.9 Å². The van der Waals surface area contributed by atoms with Gasteiger partial charge in [0.05, 0.1) is 19.3 Å². The molecule has 0 aliphatic heterocycles. The van der Waals surface area contributed by atoms with Crippen LogP contribution in [0, 0.1) is 0 Å². The molecule has 0 bridgehead atoms. The van der Waals surface area contributed by atoms with Crippen molar-refractivity contribution in [2.24, 2.45) is 0 Å². The molecule has 0 atom stereocenters. The van der Waals surface area contributed by atoms with E-state index in [1.807, 2.05) is 6.92 Å². The Morgan fingerprint density at radius 3 is 2.67 bits per heavy atom. The van der Waals surface area contributed by atoms with Crippen LogP contribution >= 0.6 is 15.9 Å². The van der Waals surface area contributed by atoms with Gasteiger partial charge in [-0.1, -0.05) is 15.9 Å². The van der Waals surface area contributed by atoms with Crippen LogP contribution in [0.25, 0.3) is 0 Å². The number of rotatable bonds is 3. The Hall–Kier alpha value is -1.76. The van der Waals surface area contributed by atoms with Gasteiger partial charge < -0.3 is 9.47 Å². The summed E-state index contributed by atoms with van der Waals surface area (Å²) in [6.07, 6.45) is -0.753. The van der Waals surface area contributed by atoms with Gasteiger partial charge in [-0.05, 0) is 25.1 Å². The molecule has 2 N–H and O–H groups in total. The van der Waals surface area contributed by atoms with Crippen LogP contribution in [0.5, 0.6) is 5.75 Å². The molecule has 7 heteroatoms. The fourth-order valence-corrected chi connectivity index (χ4v) is 1.55. The zero-order chi connectivity index (χ0) is 13.5. The minimum absolute atomic E-state index is 0.308. The van der Waals surface area contributed by atoms with E-state index in [-0.39, 0.29) is 0 Å². The summed E-state index contributed by atoms with van der Waals surface area (Å²) in [4.78, 5) is 22.7. The van der Waals surface area contributed by atoms with E-state index in [0.717, 1.165) is 4.47 Å². The van der Waals surface area contributed by atoms with Gasteiger partial charge in [0, 0.05) is 4.47 Å². The van der Waals surface area contributed by atoms with Gasteiger partial charge in [0.1, 0.15) is 5.75 Å². The maximum absolute atomic E-state index is 11.8. The third kappa shape index (κ3) is 3.92. The molecule has 0 spiro atoms. The first-order valence-corrected chi connectivity index (χ1v) is 5.94. The van der Waals surface area contributed by atoms with Crippen molar-refractivity contribution in [3.05, 3.63) is 28.2 Å². The standard InChI is InChI=1S/C11H13BrN2O4/c1-3-18-9-5-4-7(12)6-8(9)10(15)13-14-11(16)17-2/h4-6H,3H2,1-2H3,(H,13,15)(H,14,16). The molecule has 0 aromatic heterocycles. The molecule has 2 amide bonds. The Kier molecular flexibility index (Phi) is 5.44. The number of halogens is 1. The highest BCUT2D eigenvalue weighted by atomic mass is 79.9. The first-order chi connectivity index (χ1) is 8.58. The average molecular weight is 317 g/mol. The van der Waals surface area contributed by atoms with Crippen LogP contribution in [-0.4, -0.2) is 25.7 Å². The molecule has 0 aliphatic carbocycles. The molecule has 0 heterocycles. The average Bonchev–Trinajstić information content (AvgIpc) is 2.37. The summed E-state index contributed by atoms with van der Waals surface area (Å²) in [5, 5.41) is 0. The number of methoxy groups -OCH3 is 1. The molecule has 1 aromatic rings.